The van der Waals surface area contributed by atoms with Gasteiger partial charge in [0.25, 0.3) is 0 Å². The molecule has 3 heteroatoms. The second-order valence-corrected chi connectivity index (χ2v) is 5.40. The molecule has 0 spiro atoms. The van der Waals surface area contributed by atoms with Crippen LogP contribution in [0.2, 0.25) is 0 Å². The van der Waals surface area contributed by atoms with E-state index in [-0.39, 0.29) is 0 Å². The molecule has 0 radical (unpaired) electrons. The molecule has 0 saturated carbocycles. The van der Waals surface area contributed by atoms with Crippen molar-refractivity contribution in [2.75, 3.05) is 32.8 Å². The van der Waals surface area contributed by atoms with Gasteiger partial charge in [-0.3, -0.25) is 4.90 Å². The Balaban J connectivity index is 1.70. The molecule has 18 heavy (non-hydrogen) atoms. The molecule has 2 unspecified atom stereocenters. The van der Waals surface area contributed by atoms with E-state index in [1.807, 2.05) is 0 Å². The lowest BCUT2D eigenvalue weighted by molar-refractivity contribution is -0.0212. The highest BCUT2D eigenvalue weighted by atomic mass is 16.5. The number of benzene rings is 1. The average molecular weight is 246 g/mol. The minimum atomic E-state index is 0.373. The zero-order valence-corrected chi connectivity index (χ0v) is 11.1. The van der Waals surface area contributed by atoms with Gasteiger partial charge in [0.15, 0.2) is 0 Å². The smallest absolute Gasteiger partial charge is 0.0674 e. The zero-order valence-electron chi connectivity index (χ0n) is 11.1. The molecule has 2 aliphatic rings. The lowest BCUT2D eigenvalue weighted by Crippen LogP contribution is -2.46. The summed E-state index contributed by atoms with van der Waals surface area (Å²) >= 11 is 0. The van der Waals surface area contributed by atoms with Crippen LogP contribution in [0.15, 0.2) is 24.3 Å². The van der Waals surface area contributed by atoms with Gasteiger partial charge in [0.1, 0.15) is 0 Å². The van der Waals surface area contributed by atoms with Gasteiger partial charge in [0.05, 0.1) is 12.7 Å². The summed E-state index contributed by atoms with van der Waals surface area (Å²) in [6.45, 7) is 7.35. The van der Waals surface area contributed by atoms with Crippen molar-refractivity contribution >= 4 is 0 Å². The van der Waals surface area contributed by atoms with Crippen LogP contribution in [-0.4, -0.2) is 43.8 Å². The highest BCUT2D eigenvalue weighted by molar-refractivity contribution is 5.32. The van der Waals surface area contributed by atoms with E-state index in [1.54, 1.807) is 0 Å². The van der Waals surface area contributed by atoms with E-state index in [0.29, 0.717) is 12.1 Å². The zero-order chi connectivity index (χ0) is 12.4. The number of ether oxygens (including phenoxy) is 1. The van der Waals surface area contributed by atoms with Crippen molar-refractivity contribution < 1.29 is 4.74 Å². The van der Waals surface area contributed by atoms with Gasteiger partial charge in [0.2, 0.25) is 0 Å². The summed E-state index contributed by atoms with van der Waals surface area (Å²) < 4.78 is 5.60. The number of hydrogen-bond acceptors (Lipinski definition) is 3. The summed E-state index contributed by atoms with van der Waals surface area (Å²) in [6.07, 6.45) is 1.53. The first-order chi connectivity index (χ1) is 8.83. The normalized spacial score (nSPS) is 28.9. The lowest BCUT2D eigenvalue weighted by atomic mass is 9.94. The third kappa shape index (κ3) is 2.58. The number of nitrogens with one attached hydrogen (secondary N) is 1. The van der Waals surface area contributed by atoms with Gasteiger partial charge in [-0.15, -0.1) is 0 Å². The molecule has 2 aliphatic heterocycles. The Labute approximate surface area is 109 Å². The van der Waals surface area contributed by atoms with Crippen LogP contribution in [0, 0.1) is 0 Å². The van der Waals surface area contributed by atoms with Crippen LogP contribution in [0.25, 0.3) is 0 Å². The van der Waals surface area contributed by atoms with Gasteiger partial charge >= 0.3 is 0 Å². The lowest BCUT2D eigenvalue weighted by Gasteiger charge is -2.36. The van der Waals surface area contributed by atoms with E-state index in [0.717, 1.165) is 39.2 Å². The van der Waals surface area contributed by atoms with Crippen molar-refractivity contribution in [2.45, 2.75) is 25.5 Å². The van der Waals surface area contributed by atoms with E-state index < -0.39 is 0 Å². The van der Waals surface area contributed by atoms with Crippen LogP contribution in [0.5, 0.6) is 0 Å². The molecule has 1 N–H and O–H groups in total. The fraction of sp³-hybridized carbons (Fsp3) is 0.600. The molecular formula is C15H22N2O. The predicted molar refractivity (Wildman–Crippen MR) is 72.7 cm³/mol. The Morgan fingerprint density at radius 3 is 3.17 bits per heavy atom. The second-order valence-electron chi connectivity index (χ2n) is 5.40. The molecule has 3 nitrogen and oxygen atoms in total. The molecule has 98 valence electrons. The predicted octanol–water partition coefficient (Wildman–Crippen LogP) is 1.59. The van der Waals surface area contributed by atoms with Crippen LogP contribution < -0.4 is 5.32 Å². The SMILES string of the molecule is CC1CN(CC2NCCc3ccccc32)CCO1. The Morgan fingerprint density at radius 1 is 1.39 bits per heavy atom. The van der Waals surface area contributed by atoms with Crippen molar-refractivity contribution in [3.63, 3.8) is 0 Å². The summed E-state index contributed by atoms with van der Waals surface area (Å²) in [4.78, 5) is 2.52. The second kappa shape index (κ2) is 5.39. The number of rotatable bonds is 2. The van der Waals surface area contributed by atoms with Crippen molar-refractivity contribution in [1.29, 1.82) is 0 Å². The van der Waals surface area contributed by atoms with Crippen LogP contribution in [-0.2, 0) is 11.2 Å². The topological polar surface area (TPSA) is 24.5 Å². The molecule has 1 aromatic rings. The summed E-state index contributed by atoms with van der Waals surface area (Å²) in [5.41, 5.74) is 3.01. The fourth-order valence-electron chi connectivity index (χ4n) is 3.07. The van der Waals surface area contributed by atoms with Crippen LogP contribution in [0.4, 0.5) is 0 Å². The Hall–Kier alpha value is -0.900. The van der Waals surface area contributed by atoms with E-state index in [1.165, 1.54) is 11.1 Å². The number of fused-ring (bicyclic) bond motifs is 1. The molecule has 1 aromatic carbocycles. The van der Waals surface area contributed by atoms with Crippen LogP contribution in [0.1, 0.15) is 24.1 Å². The first-order valence-corrected chi connectivity index (χ1v) is 6.98. The van der Waals surface area contributed by atoms with Crippen molar-refractivity contribution in [3.05, 3.63) is 35.4 Å². The van der Waals surface area contributed by atoms with Gasteiger partial charge in [-0.25, -0.2) is 0 Å². The summed E-state index contributed by atoms with van der Waals surface area (Å²) in [5, 5.41) is 3.65. The first kappa shape index (κ1) is 12.2. The van der Waals surface area contributed by atoms with E-state index in [9.17, 15) is 0 Å². The van der Waals surface area contributed by atoms with Gasteiger partial charge in [-0.1, -0.05) is 24.3 Å². The molecule has 2 heterocycles. The maximum atomic E-state index is 5.60. The minimum Gasteiger partial charge on any atom is -0.376 e. The molecule has 0 amide bonds. The summed E-state index contributed by atoms with van der Waals surface area (Å²) in [7, 11) is 0. The molecule has 0 bridgehead atoms. The standard InChI is InChI=1S/C15H22N2O/c1-12-10-17(8-9-18-12)11-15-14-5-3-2-4-13(14)6-7-16-15/h2-5,12,15-16H,6-11H2,1H3. The maximum Gasteiger partial charge on any atom is 0.0674 e. The van der Waals surface area contributed by atoms with Crippen molar-refractivity contribution in [2.24, 2.45) is 0 Å². The minimum absolute atomic E-state index is 0.373. The van der Waals surface area contributed by atoms with E-state index in [2.05, 4.69) is 41.4 Å². The Kier molecular flexibility index (Phi) is 3.64. The number of hydrogen-bond donors (Lipinski definition) is 1. The molecule has 0 aromatic heterocycles. The van der Waals surface area contributed by atoms with Crippen LogP contribution in [0.3, 0.4) is 0 Å². The third-order valence-electron chi connectivity index (χ3n) is 3.98. The van der Waals surface area contributed by atoms with Gasteiger partial charge in [0, 0.05) is 25.7 Å². The molecule has 2 atom stereocenters. The van der Waals surface area contributed by atoms with E-state index >= 15 is 0 Å². The summed E-state index contributed by atoms with van der Waals surface area (Å²) in [6, 6.07) is 9.33. The maximum absolute atomic E-state index is 5.60. The van der Waals surface area contributed by atoms with Crippen molar-refractivity contribution in [3.8, 4) is 0 Å². The Morgan fingerprint density at radius 2 is 2.28 bits per heavy atom. The highest BCUT2D eigenvalue weighted by Gasteiger charge is 2.24. The quantitative estimate of drug-likeness (QED) is 0.858. The molecule has 1 saturated heterocycles. The summed E-state index contributed by atoms with van der Waals surface area (Å²) in [5.74, 6) is 0. The van der Waals surface area contributed by atoms with Crippen LogP contribution >= 0.6 is 0 Å². The largest absolute Gasteiger partial charge is 0.376 e. The Bertz CT molecular complexity index is 407. The molecule has 3 rings (SSSR count). The molecule has 0 aliphatic carbocycles. The van der Waals surface area contributed by atoms with Gasteiger partial charge in [-0.2, -0.15) is 0 Å². The average Bonchev–Trinajstić information content (AvgIpc) is 2.39. The first-order valence-electron chi connectivity index (χ1n) is 6.98. The highest BCUT2D eigenvalue weighted by Crippen LogP contribution is 2.23. The fourth-order valence-corrected chi connectivity index (χ4v) is 3.07. The van der Waals surface area contributed by atoms with E-state index in [4.69, 9.17) is 4.74 Å². The number of nitrogens with zero attached hydrogens (tertiary/aromatic N) is 1. The molecule has 1 fully saturated rings. The molecular weight excluding hydrogens is 224 g/mol. The third-order valence-corrected chi connectivity index (χ3v) is 3.98. The number of morpholine rings is 1. The van der Waals surface area contributed by atoms with Gasteiger partial charge in [-0.05, 0) is 31.0 Å². The monoisotopic (exact) mass is 246 g/mol. The van der Waals surface area contributed by atoms with Crippen molar-refractivity contribution in [1.82, 2.24) is 10.2 Å². The van der Waals surface area contributed by atoms with Gasteiger partial charge < -0.3 is 10.1 Å².